The van der Waals surface area contributed by atoms with Crippen LogP contribution in [0.15, 0.2) is 22.7 Å². The molecule has 0 spiro atoms. The molecular weight excluding hydrogens is 296 g/mol. The van der Waals surface area contributed by atoms with E-state index in [-0.39, 0.29) is 11.8 Å². The number of alkyl halides is 1. The summed E-state index contributed by atoms with van der Waals surface area (Å²) in [4.78, 5) is 11.8. The summed E-state index contributed by atoms with van der Waals surface area (Å²) in [6.07, 6.45) is 0. The summed E-state index contributed by atoms with van der Waals surface area (Å²) in [5, 5.41) is 2.63. The summed E-state index contributed by atoms with van der Waals surface area (Å²) in [7, 11) is 0. The Hall–Kier alpha value is -0.610. The Kier molecular flexibility index (Phi) is 4.33. The highest BCUT2D eigenvalue weighted by Crippen LogP contribution is 2.26. The van der Waals surface area contributed by atoms with E-state index in [2.05, 4.69) is 21.2 Å². The molecule has 0 atom stereocenters. The van der Waals surface area contributed by atoms with Crippen LogP contribution in [0.25, 0.3) is 0 Å². The maximum atomic E-state index is 13.0. The van der Waals surface area contributed by atoms with Crippen LogP contribution in [0.2, 0.25) is 0 Å². The van der Waals surface area contributed by atoms with Gasteiger partial charge in [-0.1, -0.05) is 0 Å². The lowest BCUT2D eigenvalue weighted by Gasteiger charge is -2.20. The van der Waals surface area contributed by atoms with Gasteiger partial charge in [-0.25, -0.2) is 4.39 Å². The molecule has 1 amide bonds. The van der Waals surface area contributed by atoms with Crippen molar-refractivity contribution in [2.24, 2.45) is 5.41 Å². The maximum absolute atomic E-state index is 13.0. The van der Waals surface area contributed by atoms with Crippen molar-refractivity contribution in [1.29, 1.82) is 0 Å². The molecule has 0 aliphatic heterocycles. The van der Waals surface area contributed by atoms with E-state index in [1.165, 1.54) is 12.1 Å². The van der Waals surface area contributed by atoms with E-state index in [0.29, 0.717) is 10.2 Å². The SMILES string of the molecule is CC(C)(CCl)C(=O)Nc1cc(F)ccc1Br. The second-order valence-corrected chi connectivity index (χ2v) is 5.22. The topological polar surface area (TPSA) is 29.1 Å². The molecule has 1 aromatic carbocycles. The van der Waals surface area contributed by atoms with Crippen molar-refractivity contribution < 1.29 is 9.18 Å². The van der Waals surface area contributed by atoms with Crippen LogP contribution in [0.5, 0.6) is 0 Å². The number of hydrogen-bond acceptors (Lipinski definition) is 1. The summed E-state index contributed by atoms with van der Waals surface area (Å²) >= 11 is 8.91. The smallest absolute Gasteiger partial charge is 0.231 e. The Balaban J connectivity index is 2.89. The number of benzene rings is 1. The molecule has 0 aromatic heterocycles. The van der Waals surface area contributed by atoms with Crippen molar-refractivity contribution in [3.63, 3.8) is 0 Å². The maximum Gasteiger partial charge on any atom is 0.231 e. The number of anilines is 1. The fraction of sp³-hybridized carbons (Fsp3) is 0.364. The summed E-state index contributed by atoms with van der Waals surface area (Å²) in [5.41, 5.74) is -0.281. The highest BCUT2D eigenvalue weighted by atomic mass is 79.9. The van der Waals surface area contributed by atoms with Gasteiger partial charge in [0.1, 0.15) is 5.82 Å². The van der Waals surface area contributed by atoms with E-state index in [1.807, 2.05) is 0 Å². The molecule has 0 radical (unpaired) electrons. The first kappa shape index (κ1) is 13.5. The van der Waals surface area contributed by atoms with Crippen molar-refractivity contribution in [1.82, 2.24) is 0 Å². The first-order valence-electron chi connectivity index (χ1n) is 4.69. The molecule has 0 saturated heterocycles. The third-order valence-electron chi connectivity index (χ3n) is 2.13. The van der Waals surface area contributed by atoms with Crippen molar-refractivity contribution in [2.45, 2.75) is 13.8 Å². The van der Waals surface area contributed by atoms with E-state index in [1.54, 1.807) is 19.9 Å². The quantitative estimate of drug-likeness (QED) is 0.846. The lowest BCUT2D eigenvalue weighted by atomic mass is 9.95. The summed E-state index contributed by atoms with van der Waals surface area (Å²) in [5.74, 6) is -0.442. The third kappa shape index (κ3) is 3.19. The van der Waals surface area contributed by atoms with E-state index in [9.17, 15) is 9.18 Å². The Morgan fingerprint density at radius 1 is 1.56 bits per heavy atom. The first-order chi connectivity index (χ1) is 7.36. The van der Waals surface area contributed by atoms with Crippen LogP contribution in [-0.2, 0) is 4.79 Å². The van der Waals surface area contributed by atoms with Gasteiger partial charge in [0.25, 0.3) is 0 Å². The van der Waals surface area contributed by atoms with Gasteiger partial charge in [-0.05, 0) is 48.0 Å². The molecule has 88 valence electrons. The predicted molar refractivity (Wildman–Crippen MR) is 67.2 cm³/mol. The summed E-state index contributed by atoms with van der Waals surface area (Å²) in [6.45, 7) is 3.45. The number of rotatable bonds is 3. The van der Waals surface area contributed by atoms with Gasteiger partial charge < -0.3 is 5.32 Å². The summed E-state index contributed by atoms with van der Waals surface area (Å²) in [6, 6.07) is 4.11. The van der Waals surface area contributed by atoms with Crippen molar-refractivity contribution in [3.05, 3.63) is 28.5 Å². The van der Waals surface area contributed by atoms with E-state index >= 15 is 0 Å². The zero-order chi connectivity index (χ0) is 12.3. The number of amides is 1. The normalized spacial score (nSPS) is 11.3. The van der Waals surface area contributed by atoms with Crippen LogP contribution < -0.4 is 5.32 Å². The minimum Gasteiger partial charge on any atom is -0.324 e. The molecule has 0 heterocycles. The third-order valence-corrected chi connectivity index (χ3v) is 3.49. The van der Waals surface area contributed by atoms with Crippen LogP contribution in [-0.4, -0.2) is 11.8 Å². The lowest BCUT2D eigenvalue weighted by Crippen LogP contribution is -2.32. The Labute approximate surface area is 107 Å². The molecule has 0 aliphatic carbocycles. The van der Waals surface area contributed by atoms with Crippen molar-refractivity contribution in [3.8, 4) is 0 Å². The molecule has 1 aromatic rings. The van der Waals surface area contributed by atoms with Crippen LogP contribution >= 0.6 is 27.5 Å². The number of nitrogens with one attached hydrogen (secondary N) is 1. The molecule has 0 aliphatic rings. The van der Waals surface area contributed by atoms with Crippen LogP contribution in [0.3, 0.4) is 0 Å². The van der Waals surface area contributed by atoms with Crippen molar-refractivity contribution >= 4 is 39.1 Å². The Morgan fingerprint density at radius 2 is 2.19 bits per heavy atom. The van der Waals surface area contributed by atoms with Gasteiger partial charge in [0.15, 0.2) is 0 Å². The van der Waals surface area contributed by atoms with Gasteiger partial charge in [0.2, 0.25) is 5.91 Å². The van der Waals surface area contributed by atoms with E-state index in [4.69, 9.17) is 11.6 Å². The zero-order valence-electron chi connectivity index (χ0n) is 8.98. The number of halogens is 3. The van der Waals surface area contributed by atoms with Gasteiger partial charge in [-0.2, -0.15) is 0 Å². The van der Waals surface area contributed by atoms with E-state index < -0.39 is 11.2 Å². The minimum absolute atomic E-state index is 0.200. The first-order valence-corrected chi connectivity index (χ1v) is 6.02. The Bertz CT molecular complexity index is 409. The molecule has 5 heteroatoms. The second kappa shape index (κ2) is 5.15. The average molecular weight is 309 g/mol. The van der Waals surface area contributed by atoms with Crippen LogP contribution in [0.1, 0.15) is 13.8 Å². The standard InChI is InChI=1S/C11H12BrClFNO/c1-11(2,6-13)10(16)15-9-5-7(14)3-4-8(9)12/h3-5H,6H2,1-2H3,(H,15,16). The molecule has 2 nitrogen and oxygen atoms in total. The van der Waals surface area contributed by atoms with Crippen LogP contribution in [0.4, 0.5) is 10.1 Å². The molecule has 16 heavy (non-hydrogen) atoms. The molecule has 1 N–H and O–H groups in total. The lowest BCUT2D eigenvalue weighted by molar-refractivity contribution is -0.122. The molecule has 1 rings (SSSR count). The largest absolute Gasteiger partial charge is 0.324 e. The van der Waals surface area contributed by atoms with Crippen LogP contribution in [0, 0.1) is 11.2 Å². The monoisotopic (exact) mass is 307 g/mol. The fourth-order valence-corrected chi connectivity index (χ4v) is 1.41. The number of carbonyl (C=O) groups excluding carboxylic acids is 1. The molecule has 0 unspecified atom stereocenters. The zero-order valence-corrected chi connectivity index (χ0v) is 11.3. The van der Waals surface area contributed by atoms with Gasteiger partial charge in [0, 0.05) is 10.4 Å². The molecule has 0 bridgehead atoms. The molecular formula is C11H12BrClFNO. The number of carbonyl (C=O) groups is 1. The highest BCUT2D eigenvalue weighted by molar-refractivity contribution is 9.10. The predicted octanol–water partition coefficient (Wildman–Crippen LogP) is 3.79. The average Bonchev–Trinajstić information content (AvgIpc) is 2.23. The van der Waals surface area contributed by atoms with Gasteiger partial charge in [-0.3, -0.25) is 4.79 Å². The molecule has 0 fully saturated rings. The number of hydrogen-bond donors (Lipinski definition) is 1. The second-order valence-electron chi connectivity index (χ2n) is 4.10. The van der Waals surface area contributed by atoms with Gasteiger partial charge >= 0.3 is 0 Å². The minimum atomic E-state index is -0.687. The summed E-state index contributed by atoms with van der Waals surface area (Å²) < 4.78 is 13.6. The molecule has 0 saturated carbocycles. The Morgan fingerprint density at radius 3 is 2.75 bits per heavy atom. The van der Waals surface area contributed by atoms with Gasteiger partial charge in [0.05, 0.1) is 11.1 Å². The van der Waals surface area contributed by atoms with E-state index in [0.717, 1.165) is 0 Å². The highest BCUT2D eigenvalue weighted by Gasteiger charge is 2.26. The van der Waals surface area contributed by atoms with Crippen molar-refractivity contribution in [2.75, 3.05) is 11.2 Å². The van der Waals surface area contributed by atoms with Gasteiger partial charge in [-0.15, -0.1) is 11.6 Å². The fourth-order valence-electron chi connectivity index (χ4n) is 0.945.